The Bertz CT molecular complexity index is 2590. The standard InChI is InChI=1S/C44H42F2N6O5/c1-25-30(7-4-9-32(25)40-48-34-17-29(21-52-13-6-11-36(52)42(53)54)37(56-43(45)46)18-38(34)55-40)31-8-5-10-33(26(31)2)41-49-35-16-27(15-28(19-47)39(35)57-41)20-51-23-44(24-51)12-14-50(3)22-44/h4-5,7-10,15-18,36,43H,6,11-14,20-24H2,1-3H3,(H,53,54)/t36-/m0/s1. The number of oxazole rings is 2. The van der Waals surface area contributed by atoms with Crippen LogP contribution in [0, 0.1) is 30.6 Å². The highest BCUT2D eigenvalue weighted by Gasteiger charge is 2.46. The molecule has 4 aromatic carbocycles. The van der Waals surface area contributed by atoms with Crippen molar-refractivity contribution in [2.45, 2.75) is 58.9 Å². The molecule has 13 heteroatoms. The highest BCUT2D eigenvalue weighted by Crippen LogP contribution is 2.42. The topological polar surface area (TPSA) is 132 Å². The summed E-state index contributed by atoms with van der Waals surface area (Å²) in [6.07, 6.45) is 2.42. The molecule has 3 saturated heterocycles. The molecule has 1 spiro atoms. The highest BCUT2D eigenvalue weighted by atomic mass is 19.3. The lowest BCUT2D eigenvalue weighted by atomic mass is 9.79. The van der Waals surface area contributed by atoms with Crippen molar-refractivity contribution in [2.24, 2.45) is 5.41 Å². The van der Waals surface area contributed by atoms with Gasteiger partial charge in [0.2, 0.25) is 11.8 Å². The zero-order chi connectivity index (χ0) is 39.6. The Morgan fingerprint density at radius 3 is 2.28 bits per heavy atom. The van der Waals surface area contributed by atoms with Crippen molar-refractivity contribution in [1.82, 2.24) is 24.7 Å². The lowest BCUT2D eigenvalue weighted by molar-refractivity contribution is -0.142. The number of carbonyl (C=O) groups is 1. The van der Waals surface area contributed by atoms with Gasteiger partial charge in [-0.2, -0.15) is 14.0 Å². The van der Waals surface area contributed by atoms with Crippen LogP contribution < -0.4 is 4.74 Å². The zero-order valence-corrected chi connectivity index (χ0v) is 32.0. The summed E-state index contributed by atoms with van der Waals surface area (Å²) in [6.45, 7) is 6.76. The Balaban J connectivity index is 1.01. The van der Waals surface area contributed by atoms with E-state index in [1.807, 2.05) is 62.4 Å². The summed E-state index contributed by atoms with van der Waals surface area (Å²) in [4.78, 5) is 28.1. The maximum atomic E-state index is 13.5. The second kappa shape index (κ2) is 14.4. The number of fused-ring (bicyclic) bond motifs is 2. The molecule has 0 saturated carbocycles. The minimum absolute atomic E-state index is 0.0759. The van der Waals surface area contributed by atoms with Crippen LogP contribution in [-0.4, -0.2) is 88.2 Å². The third kappa shape index (κ3) is 6.81. The van der Waals surface area contributed by atoms with E-state index in [0.29, 0.717) is 64.3 Å². The number of aliphatic carboxylic acids is 1. The third-order valence-electron chi connectivity index (χ3n) is 12.1. The fourth-order valence-corrected chi connectivity index (χ4v) is 9.34. The summed E-state index contributed by atoms with van der Waals surface area (Å²) in [6, 6.07) is 20.4. The summed E-state index contributed by atoms with van der Waals surface area (Å²) in [7, 11) is 2.19. The molecule has 1 N–H and O–H groups in total. The molecule has 3 aliphatic rings. The van der Waals surface area contributed by atoms with Crippen molar-refractivity contribution < 1.29 is 32.3 Å². The van der Waals surface area contributed by atoms with E-state index < -0.39 is 18.6 Å². The van der Waals surface area contributed by atoms with Crippen molar-refractivity contribution in [2.75, 3.05) is 39.8 Å². The van der Waals surface area contributed by atoms with Gasteiger partial charge >= 0.3 is 12.6 Å². The van der Waals surface area contributed by atoms with Crippen LogP contribution in [0.1, 0.15) is 47.1 Å². The number of aromatic nitrogens is 2. The first kappa shape index (κ1) is 36.9. The van der Waals surface area contributed by atoms with E-state index in [0.717, 1.165) is 71.7 Å². The summed E-state index contributed by atoms with van der Waals surface area (Å²) in [5.41, 5.74) is 9.40. The maximum Gasteiger partial charge on any atom is 0.387 e. The summed E-state index contributed by atoms with van der Waals surface area (Å²) < 4.78 is 44.5. The first-order chi connectivity index (χ1) is 27.5. The van der Waals surface area contributed by atoms with Crippen LogP contribution in [-0.2, 0) is 17.9 Å². The minimum atomic E-state index is -3.07. The number of alkyl halides is 2. The molecule has 0 bridgehead atoms. The van der Waals surface area contributed by atoms with Crippen LogP contribution in [0.4, 0.5) is 8.78 Å². The molecule has 0 radical (unpaired) electrons. The number of nitriles is 1. The number of hydrogen-bond acceptors (Lipinski definition) is 10. The van der Waals surface area contributed by atoms with Gasteiger partial charge in [-0.25, -0.2) is 9.97 Å². The first-order valence-corrected chi connectivity index (χ1v) is 19.3. The molecular formula is C44H42F2N6O5. The van der Waals surface area contributed by atoms with Gasteiger partial charge in [0.15, 0.2) is 11.2 Å². The van der Waals surface area contributed by atoms with Crippen molar-refractivity contribution >= 4 is 28.2 Å². The number of ether oxygens (including phenoxy) is 1. The van der Waals surface area contributed by atoms with Gasteiger partial charge in [0.05, 0.1) is 5.56 Å². The van der Waals surface area contributed by atoms with E-state index in [-0.39, 0.29) is 17.9 Å². The number of carboxylic acids is 1. The monoisotopic (exact) mass is 772 g/mol. The Hall–Kier alpha value is -5.68. The summed E-state index contributed by atoms with van der Waals surface area (Å²) >= 11 is 0. The molecular weight excluding hydrogens is 731 g/mol. The Morgan fingerprint density at radius 2 is 1.63 bits per heavy atom. The smallest absolute Gasteiger partial charge is 0.387 e. The van der Waals surface area contributed by atoms with Gasteiger partial charge in [0, 0.05) is 60.9 Å². The minimum Gasteiger partial charge on any atom is -0.480 e. The number of halogens is 2. The van der Waals surface area contributed by atoms with Crippen LogP contribution >= 0.6 is 0 Å². The van der Waals surface area contributed by atoms with Crippen molar-refractivity contribution in [3.05, 3.63) is 88.5 Å². The first-order valence-electron chi connectivity index (χ1n) is 19.3. The van der Waals surface area contributed by atoms with Crippen LogP contribution in [0.25, 0.3) is 56.2 Å². The molecule has 0 aliphatic carbocycles. The van der Waals surface area contributed by atoms with Crippen LogP contribution in [0.5, 0.6) is 5.75 Å². The maximum absolute atomic E-state index is 13.5. The van der Waals surface area contributed by atoms with E-state index in [9.17, 15) is 23.9 Å². The third-order valence-corrected chi connectivity index (χ3v) is 12.1. The molecule has 1 atom stereocenters. The molecule has 9 rings (SSSR count). The van der Waals surface area contributed by atoms with Crippen LogP contribution in [0.15, 0.2) is 69.5 Å². The van der Waals surface area contributed by atoms with Crippen molar-refractivity contribution in [3.63, 3.8) is 0 Å². The van der Waals surface area contributed by atoms with Gasteiger partial charge in [-0.1, -0.05) is 24.3 Å². The average molecular weight is 773 g/mol. The number of likely N-dealkylation sites (tertiary alicyclic amines) is 3. The van der Waals surface area contributed by atoms with Crippen molar-refractivity contribution in [3.8, 4) is 45.9 Å². The fourth-order valence-electron chi connectivity index (χ4n) is 9.34. The number of benzene rings is 4. The van der Waals surface area contributed by atoms with Gasteiger partial charge in [-0.15, -0.1) is 0 Å². The SMILES string of the molecule is Cc1c(-c2nc3cc(CN4CCC[C@H]4C(=O)O)c(OC(F)F)cc3o2)cccc1-c1cccc(-c2nc3cc(CN4CC5(CCN(C)C5)C4)cc(C#N)c3o2)c1C. The molecule has 0 unspecified atom stereocenters. The second-order valence-electron chi connectivity index (χ2n) is 16.0. The number of rotatable bonds is 10. The Kier molecular flexibility index (Phi) is 9.30. The molecule has 5 heterocycles. The fraction of sp³-hybridized carbons (Fsp3) is 0.364. The Morgan fingerprint density at radius 1 is 0.947 bits per heavy atom. The summed E-state index contributed by atoms with van der Waals surface area (Å²) in [5, 5.41) is 19.8. The van der Waals surface area contributed by atoms with E-state index in [1.54, 1.807) is 11.0 Å². The molecule has 57 heavy (non-hydrogen) atoms. The van der Waals surface area contributed by atoms with Gasteiger partial charge < -0.3 is 23.6 Å². The lowest BCUT2D eigenvalue weighted by Crippen LogP contribution is -2.56. The summed E-state index contributed by atoms with van der Waals surface area (Å²) in [5.74, 6) is -0.272. The number of carboxylic acid groups (broad SMARTS) is 1. The van der Waals surface area contributed by atoms with E-state index >= 15 is 0 Å². The van der Waals surface area contributed by atoms with Crippen molar-refractivity contribution in [1.29, 1.82) is 5.26 Å². The molecule has 292 valence electrons. The molecule has 3 fully saturated rings. The average Bonchev–Trinajstić information content (AvgIpc) is 3.97. The number of nitrogens with zero attached hydrogens (tertiary/aromatic N) is 6. The predicted octanol–water partition coefficient (Wildman–Crippen LogP) is 8.25. The lowest BCUT2D eigenvalue weighted by Gasteiger charge is -2.48. The predicted molar refractivity (Wildman–Crippen MR) is 210 cm³/mol. The second-order valence-corrected chi connectivity index (χ2v) is 16.0. The molecule has 2 aromatic heterocycles. The molecule has 11 nitrogen and oxygen atoms in total. The quantitative estimate of drug-likeness (QED) is 0.144. The van der Waals surface area contributed by atoms with Crippen LogP contribution in [0.3, 0.4) is 0 Å². The van der Waals surface area contributed by atoms with E-state index in [4.69, 9.17) is 23.5 Å². The van der Waals surface area contributed by atoms with Gasteiger partial charge in [-0.05, 0) is 111 Å². The van der Waals surface area contributed by atoms with E-state index in [2.05, 4.69) is 22.9 Å². The largest absolute Gasteiger partial charge is 0.480 e. The highest BCUT2D eigenvalue weighted by molar-refractivity contribution is 5.86. The van der Waals surface area contributed by atoms with Gasteiger partial charge in [0.1, 0.15) is 28.9 Å². The zero-order valence-electron chi connectivity index (χ0n) is 32.0. The van der Waals surface area contributed by atoms with E-state index in [1.165, 1.54) is 12.5 Å². The van der Waals surface area contributed by atoms with Gasteiger partial charge in [-0.3, -0.25) is 14.6 Å². The normalized spacial score (nSPS) is 18.6. The molecule has 6 aromatic rings. The number of hydrogen-bond donors (Lipinski definition) is 1. The molecule has 0 amide bonds. The van der Waals surface area contributed by atoms with Crippen LogP contribution in [0.2, 0.25) is 0 Å². The van der Waals surface area contributed by atoms with Gasteiger partial charge in [0.25, 0.3) is 0 Å². The molecule has 3 aliphatic heterocycles. The Labute approximate surface area is 328 Å².